The average Bonchev–Trinajstić information content (AvgIpc) is 2.89. The molecule has 0 fully saturated rings. The van der Waals surface area contributed by atoms with Crippen LogP contribution < -0.4 is 4.74 Å². The lowest BCUT2D eigenvalue weighted by molar-refractivity contribution is 0.302. The van der Waals surface area contributed by atoms with Crippen LogP contribution in [0.3, 0.4) is 0 Å². The molecule has 2 rings (SSSR count). The Morgan fingerprint density at radius 1 is 1.26 bits per heavy atom. The van der Waals surface area contributed by atoms with Gasteiger partial charge in [0.05, 0.1) is 24.5 Å². The highest BCUT2D eigenvalue weighted by Crippen LogP contribution is 2.24. The van der Waals surface area contributed by atoms with Crippen LogP contribution in [0.5, 0.6) is 5.75 Å². The largest absolute Gasteiger partial charge is 0.493 e. The Kier molecular flexibility index (Phi) is 4.25. The van der Waals surface area contributed by atoms with Gasteiger partial charge in [-0.3, -0.25) is 0 Å². The van der Waals surface area contributed by atoms with Gasteiger partial charge in [0, 0.05) is 6.42 Å². The zero-order valence-electron chi connectivity index (χ0n) is 11.3. The zero-order chi connectivity index (χ0) is 13.7. The third kappa shape index (κ3) is 3.38. The molecule has 3 nitrogen and oxygen atoms in total. The normalized spacial score (nSPS) is 10.2. The molecule has 0 aliphatic heterocycles. The van der Waals surface area contributed by atoms with E-state index in [1.807, 2.05) is 38.1 Å². The van der Waals surface area contributed by atoms with E-state index in [9.17, 15) is 0 Å². The molecule has 2 aromatic rings. The van der Waals surface area contributed by atoms with Crippen LogP contribution in [0.2, 0.25) is 0 Å². The van der Waals surface area contributed by atoms with Crippen LogP contribution >= 0.6 is 0 Å². The molecule has 0 bridgehead atoms. The topological polar surface area (TPSA) is 46.2 Å². The van der Waals surface area contributed by atoms with Crippen molar-refractivity contribution in [1.82, 2.24) is 0 Å². The first kappa shape index (κ1) is 13.2. The van der Waals surface area contributed by atoms with Crippen molar-refractivity contribution in [2.24, 2.45) is 0 Å². The van der Waals surface area contributed by atoms with Gasteiger partial charge in [0.25, 0.3) is 0 Å². The first-order valence-corrected chi connectivity index (χ1v) is 6.37. The Morgan fingerprint density at radius 2 is 2.00 bits per heavy atom. The van der Waals surface area contributed by atoms with E-state index < -0.39 is 0 Å². The van der Waals surface area contributed by atoms with Gasteiger partial charge in [-0.1, -0.05) is 0 Å². The van der Waals surface area contributed by atoms with Gasteiger partial charge in [0.2, 0.25) is 0 Å². The fourth-order valence-electron chi connectivity index (χ4n) is 2.12. The van der Waals surface area contributed by atoms with Gasteiger partial charge in [-0.2, -0.15) is 5.26 Å². The number of hydrogen-bond acceptors (Lipinski definition) is 3. The SMILES string of the molecule is Cc1cc(C#N)cc(C)c1OCCCc1ccco1. The Hall–Kier alpha value is -2.21. The number of furan rings is 1. The van der Waals surface area contributed by atoms with E-state index in [-0.39, 0.29) is 0 Å². The maximum Gasteiger partial charge on any atom is 0.125 e. The molecule has 3 heteroatoms. The van der Waals surface area contributed by atoms with Gasteiger partial charge in [-0.25, -0.2) is 0 Å². The minimum Gasteiger partial charge on any atom is -0.493 e. The van der Waals surface area contributed by atoms with Crippen molar-refractivity contribution in [2.75, 3.05) is 6.61 Å². The van der Waals surface area contributed by atoms with Crippen LogP contribution in [0.4, 0.5) is 0 Å². The molecule has 0 saturated heterocycles. The smallest absolute Gasteiger partial charge is 0.125 e. The summed E-state index contributed by atoms with van der Waals surface area (Å²) in [6.07, 6.45) is 3.47. The summed E-state index contributed by atoms with van der Waals surface area (Å²) in [6, 6.07) is 9.73. The molecule has 1 aromatic carbocycles. The lowest BCUT2D eigenvalue weighted by Gasteiger charge is -2.12. The molecule has 19 heavy (non-hydrogen) atoms. The fraction of sp³-hybridized carbons (Fsp3) is 0.312. The molecular weight excluding hydrogens is 238 g/mol. The average molecular weight is 255 g/mol. The summed E-state index contributed by atoms with van der Waals surface area (Å²) < 4.78 is 11.1. The summed E-state index contributed by atoms with van der Waals surface area (Å²) >= 11 is 0. The highest BCUT2D eigenvalue weighted by atomic mass is 16.5. The van der Waals surface area contributed by atoms with Crippen molar-refractivity contribution in [3.8, 4) is 11.8 Å². The first-order valence-electron chi connectivity index (χ1n) is 6.37. The van der Waals surface area contributed by atoms with Crippen LogP contribution in [0.25, 0.3) is 0 Å². The predicted molar refractivity (Wildman–Crippen MR) is 73.2 cm³/mol. The van der Waals surface area contributed by atoms with E-state index in [4.69, 9.17) is 14.4 Å². The molecule has 0 saturated carbocycles. The van der Waals surface area contributed by atoms with Gasteiger partial charge < -0.3 is 9.15 Å². The quantitative estimate of drug-likeness (QED) is 0.764. The Morgan fingerprint density at radius 3 is 2.58 bits per heavy atom. The van der Waals surface area contributed by atoms with Crippen molar-refractivity contribution in [2.45, 2.75) is 26.7 Å². The van der Waals surface area contributed by atoms with E-state index in [0.29, 0.717) is 12.2 Å². The van der Waals surface area contributed by atoms with Gasteiger partial charge in [-0.05, 0) is 55.7 Å². The molecule has 0 unspecified atom stereocenters. The van der Waals surface area contributed by atoms with E-state index in [1.54, 1.807) is 6.26 Å². The summed E-state index contributed by atoms with van der Waals surface area (Å²) in [4.78, 5) is 0. The highest BCUT2D eigenvalue weighted by Gasteiger charge is 2.06. The van der Waals surface area contributed by atoms with Crippen molar-refractivity contribution < 1.29 is 9.15 Å². The minimum absolute atomic E-state index is 0.647. The third-order valence-corrected chi connectivity index (χ3v) is 2.98. The first-order chi connectivity index (χ1) is 9.20. The lowest BCUT2D eigenvalue weighted by atomic mass is 10.1. The lowest BCUT2D eigenvalue weighted by Crippen LogP contribution is -2.02. The number of benzene rings is 1. The van der Waals surface area contributed by atoms with Crippen LogP contribution in [0.15, 0.2) is 34.9 Å². The second kappa shape index (κ2) is 6.10. The van der Waals surface area contributed by atoms with Crippen molar-refractivity contribution in [3.63, 3.8) is 0 Å². The zero-order valence-corrected chi connectivity index (χ0v) is 11.3. The Bertz CT molecular complexity index is 556. The summed E-state index contributed by atoms with van der Waals surface area (Å²) in [5.41, 5.74) is 2.70. The number of hydrogen-bond donors (Lipinski definition) is 0. The van der Waals surface area contributed by atoms with Crippen LogP contribution in [0, 0.1) is 25.2 Å². The van der Waals surface area contributed by atoms with Gasteiger partial charge in [0.15, 0.2) is 0 Å². The second-order valence-electron chi connectivity index (χ2n) is 4.58. The number of nitriles is 1. The van der Waals surface area contributed by atoms with Gasteiger partial charge in [-0.15, -0.1) is 0 Å². The molecule has 0 spiro atoms. The molecule has 98 valence electrons. The molecular formula is C16H17NO2. The van der Waals surface area contributed by atoms with E-state index in [2.05, 4.69) is 6.07 Å². The van der Waals surface area contributed by atoms with Crippen molar-refractivity contribution in [3.05, 3.63) is 53.0 Å². The minimum atomic E-state index is 0.647. The molecule has 1 aromatic heterocycles. The Labute approximate surface area is 113 Å². The van der Waals surface area contributed by atoms with E-state index in [0.717, 1.165) is 35.5 Å². The maximum absolute atomic E-state index is 8.90. The molecule has 0 atom stereocenters. The van der Waals surface area contributed by atoms with Crippen LogP contribution in [-0.4, -0.2) is 6.61 Å². The van der Waals surface area contributed by atoms with Crippen LogP contribution in [-0.2, 0) is 6.42 Å². The molecule has 0 radical (unpaired) electrons. The van der Waals surface area contributed by atoms with Crippen molar-refractivity contribution >= 4 is 0 Å². The summed E-state index contributed by atoms with van der Waals surface area (Å²) in [5, 5.41) is 8.90. The number of rotatable bonds is 5. The fourth-order valence-corrected chi connectivity index (χ4v) is 2.12. The van der Waals surface area contributed by atoms with Crippen LogP contribution in [0.1, 0.15) is 28.9 Å². The molecule has 1 heterocycles. The van der Waals surface area contributed by atoms with E-state index in [1.165, 1.54) is 0 Å². The molecule has 0 aliphatic carbocycles. The molecule has 0 N–H and O–H groups in total. The number of aryl methyl sites for hydroxylation is 3. The second-order valence-corrected chi connectivity index (χ2v) is 4.58. The number of ether oxygens (including phenoxy) is 1. The highest BCUT2D eigenvalue weighted by molar-refractivity contribution is 5.47. The molecule has 0 aliphatic rings. The maximum atomic E-state index is 8.90. The summed E-state index contributed by atoms with van der Waals surface area (Å²) in [7, 11) is 0. The van der Waals surface area contributed by atoms with Gasteiger partial charge in [0.1, 0.15) is 11.5 Å². The number of nitrogens with zero attached hydrogens (tertiary/aromatic N) is 1. The predicted octanol–water partition coefficient (Wildman–Crippen LogP) is 3.78. The monoisotopic (exact) mass is 255 g/mol. The standard InChI is InChI=1S/C16H17NO2/c1-12-9-14(11-17)10-13(2)16(12)19-8-4-6-15-5-3-7-18-15/h3,5,7,9-10H,4,6,8H2,1-2H3. The third-order valence-electron chi connectivity index (χ3n) is 2.98. The summed E-state index contributed by atoms with van der Waals surface area (Å²) in [5.74, 6) is 1.87. The van der Waals surface area contributed by atoms with Gasteiger partial charge >= 0.3 is 0 Å². The van der Waals surface area contributed by atoms with E-state index >= 15 is 0 Å². The molecule has 0 amide bonds. The summed E-state index contributed by atoms with van der Waals surface area (Å²) in [6.45, 7) is 4.58. The Balaban J connectivity index is 1.91. The van der Waals surface area contributed by atoms with Crippen molar-refractivity contribution in [1.29, 1.82) is 5.26 Å².